The minimum atomic E-state index is -0.579. The van der Waals surface area contributed by atoms with Crippen molar-refractivity contribution < 1.29 is 23.4 Å². The Kier molecular flexibility index (Phi) is 5.44. The molecule has 27 heavy (non-hydrogen) atoms. The van der Waals surface area contributed by atoms with E-state index in [4.69, 9.17) is 18.6 Å². The van der Waals surface area contributed by atoms with Gasteiger partial charge in [-0.3, -0.25) is 4.79 Å². The van der Waals surface area contributed by atoms with Crippen molar-refractivity contribution in [1.29, 1.82) is 0 Å². The van der Waals surface area contributed by atoms with Crippen LogP contribution < -0.4 is 5.46 Å². The van der Waals surface area contributed by atoms with Crippen molar-refractivity contribution in [3.63, 3.8) is 0 Å². The Bertz CT molecular complexity index is 784. The summed E-state index contributed by atoms with van der Waals surface area (Å²) in [7, 11) is 0.810. The van der Waals surface area contributed by atoms with Gasteiger partial charge in [0, 0.05) is 18.4 Å². The number of hydrogen-bond donors (Lipinski definition) is 0. The third-order valence-corrected chi connectivity index (χ3v) is 5.35. The summed E-state index contributed by atoms with van der Waals surface area (Å²) in [6.45, 7) is 8.05. The monoisotopic (exact) mass is 371 g/mol. The summed E-state index contributed by atoms with van der Waals surface area (Å²) >= 11 is 0. The molecule has 0 N–H and O–H groups in total. The number of carbonyl (C=O) groups excluding carboxylic acids is 1. The average molecular weight is 371 g/mol. The van der Waals surface area contributed by atoms with Crippen LogP contribution in [0.2, 0.25) is 0 Å². The van der Waals surface area contributed by atoms with E-state index < -0.39 is 18.3 Å². The van der Waals surface area contributed by atoms with E-state index in [1.165, 1.54) is 7.11 Å². The first-order valence-electron chi connectivity index (χ1n) is 9.21. The van der Waals surface area contributed by atoms with Gasteiger partial charge >= 0.3 is 13.1 Å². The molecule has 0 unspecified atom stereocenters. The number of rotatable bonds is 6. The first kappa shape index (κ1) is 19.6. The lowest BCUT2D eigenvalue weighted by Crippen LogP contribution is -2.41. The maximum Gasteiger partial charge on any atom is 0.500 e. The Morgan fingerprint density at radius 1 is 1.11 bits per heavy atom. The van der Waals surface area contributed by atoms with Crippen molar-refractivity contribution in [3.05, 3.63) is 36.1 Å². The molecular formula is C20H26BNO5. The van der Waals surface area contributed by atoms with Crippen molar-refractivity contribution in [3.8, 4) is 11.3 Å². The quantitative estimate of drug-likeness (QED) is 0.574. The molecule has 0 atom stereocenters. The Labute approximate surface area is 160 Å². The fraction of sp³-hybridized carbons (Fsp3) is 0.500. The minimum Gasteiger partial charge on any atom is -0.469 e. The SMILES string of the molecule is COC(=O)CCCc1onc(-c2ccccc2)c1B1OC(C)(C)C(C)(C)O1. The molecule has 0 bridgehead atoms. The second-order valence-corrected chi connectivity index (χ2v) is 7.75. The van der Waals surface area contributed by atoms with Crippen molar-refractivity contribution in [2.75, 3.05) is 7.11 Å². The van der Waals surface area contributed by atoms with Crippen LogP contribution >= 0.6 is 0 Å². The van der Waals surface area contributed by atoms with Gasteiger partial charge in [-0.25, -0.2) is 0 Å². The Morgan fingerprint density at radius 2 is 1.74 bits per heavy atom. The third-order valence-electron chi connectivity index (χ3n) is 5.35. The second-order valence-electron chi connectivity index (χ2n) is 7.75. The molecule has 3 rings (SSSR count). The zero-order chi connectivity index (χ0) is 19.7. The highest BCUT2D eigenvalue weighted by molar-refractivity contribution is 6.64. The molecule has 1 aliphatic heterocycles. The first-order chi connectivity index (χ1) is 12.7. The molecule has 1 fully saturated rings. The van der Waals surface area contributed by atoms with Crippen LogP contribution in [0.15, 0.2) is 34.9 Å². The fourth-order valence-corrected chi connectivity index (χ4v) is 3.02. The summed E-state index contributed by atoms with van der Waals surface area (Å²) in [5.74, 6) is 0.436. The van der Waals surface area contributed by atoms with Crippen molar-refractivity contribution in [2.24, 2.45) is 0 Å². The standard InChI is InChI=1S/C20H26BNO5/c1-19(2)20(3,4)27-21(26-19)17-15(12-9-13-16(23)24-5)25-22-18(17)14-10-7-6-8-11-14/h6-8,10-11H,9,12-13H2,1-5H3. The number of ether oxygens (including phenoxy) is 1. The largest absolute Gasteiger partial charge is 0.500 e. The third kappa shape index (κ3) is 3.94. The lowest BCUT2D eigenvalue weighted by molar-refractivity contribution is -0.140. The molecule has 0 amide bonds. The summed E-state index contributed by atoms with van der Waals surface area (Å²) in [5.41, 5.74) is 1.51. The predicted octanol–water partition coefficient (Wildman–Crippen LogP) is 3.14. The Balaban J connectivity index is 1.93. The van der Waals surface area contributed by atoms with Gasteiger partial charge in [-0.1, -0.05) is 35.5 Å². The van der Waals surface area contributed by atoms with E-state index in [-0.39, 0.29) is 5.97 Å². The lowest BCUT2D eigenvalue weighted by Gasteiger charge is -2.32. The molecular weight excluding hydrogens is 345 g/mol. The van der Waals surface area contributed by atoms with Gasteiger partial charge in [0.1, 0.15) is 11.5 Å². The minimum absolute atomic E-state index is 0.241. The number of aromatic nitrogens is 1. The number of esters is 1. The van der Waals surface area contributed by atoms with Crippen LogP contribution in [0.4, 0.5) is 0 Å². The normalized spacial score (nSPS) is 17.9. The molecule has 2 heterocycles. The van der Waals surface area contributed by atoms with Gasteiger partial charge in [0.2, 0.25) is 0 Å². The first-order valence-corrected chi connectivity index (χ1v) is 9.21. The van der Waals surface area contributed by atoms with Crippen LogP contribution in [0.25, 0.3) is 11.3 Å². The molecule has 7 heteroatoms. The van der Waals surface area contributed by atoms with Crippen molar-refractivity contribution in [1.82, 2.24) is 5.16 Å². The zero-order valence-electron chi connectivity index (χ0n) is 16.6. The summed E-state index contributed by atoms with van der Waals surface area (Å²) in [4.78, 5) is 11.4. The summed E-state index contributed by atoms with van der Waals surface area (Å²) < 4.78 is 22.9. The summed E-state index contributed by atoms with van der Waals surface area (Å²) in [6.07, 6.45) is 1.47. The molecule has 1 aliphatic rings. The number of benzene rings is 1. The maximum atomic E-state index is 11.4. The van der Waals surface area contributed by atoms with Crippen LogP contribution in [-0.4, -0.2) is 36.6 Å². The van der Waals surface area contributed by atoms with Crippen molar-refractivity contribution >= 4 is 18.6 Å². The molecule has 6 nitrogen and oxygen atoms in total. The van der Waals surface area contributed by atoms with Crippen LogP contribution in [-0.2, 0) is 25.3 Å². The molecule has 0 radical (unpaired) electrons. The topological polar surface area (TPSA) is 70.8 Å². The summed E-state index contributed by atoms with van der Waals surface area (Å²) in [5, 5.41) is 4.29. The Hall–Kier alpha value is -2.12. The van der Waals surface area contributed by atoms with E-state index in [0.29, 0.717) is 30.7 Å². The predicted molar refractivity (Wildman–Crippen MR) is 103 cm³/mol. The maximum absolute atomic E-state index is 11.4. The number of aryl methyl sites for hydroxylation is 1. The van der Waals surface area contributed by atoms with Gasteiger partial charge < -0.3 is 18.6 Å². The van der Waals surface area contributed by atoms with Gasteiger partial charge in [-0.2, -0.15) is 0 Å². The van der Waals surface area contributed by atoms with Crippen LogP contribution in [0.3, 0.4) is 0 Å². The van der Waals surface area contributed by atoms with Crippen LogP contribution in [0.5, 0.6) is 0 Å². The molecule has 1 aromatic heterocycles. The lowest BCUT2D eigenvalue weighted by atomic mass is 9.75. The van der Waals surface area contributed by atoms with Gasteiger partial charge in [-0.05, 0) is 34.1 Å². The summed E-state index contributed by atoms with van der Waals surface area (Å²) in [6, 6.07) is 9.81. The highest BCUT2D eigenvalue weighted by Gasteiger charge is 2.53. The van der Waals surface area contributed by atoms with E-state index in [1.54, 1.807) is 0 Å². The number of nitrogens with zero attached hydrogens (tertiary/aromatic N) is 1. The van der Waals surface area contributed by atoms with Gasteiger partial charge in [-0.15, -0.1) is 0 Å². The molecule has 1 saturated heterocycles. The molecule has 0 aliphatic carbocycles. The highest BCUT2D eigenvalue weighted by atomic mass is 16.7. The molecule has 1 aromatic carbocycles. The van der Waals surface area contributed by atoms with E-state index in [2.05, 4.69) is 5.16 Å². The van der Waals surface area contributed by atoms with Crippen LogP contribution in [0, 0.1) is 0 Å². The Morgan fingerprint density at radius 3 is 2.33 bits per heavy atom. The molecule has 144 valence electrons. The number of hydrogen-bond acceptors (Lipinski definition) is 6. The van der Waals surface area contributed by atoms with E-state index in [0.717, 1.165) is 11.0 Å². The average Bonchev–Trinajstić information content (AvgIpc) is 3.13. The number of carbonyl (C=O) groups is 1. The van der Waals surface area contributed by atoms with E-state index in [9.17, 15) is 4.79 Å². The molecule has 0 spiro atoms. The number of methoxy groups -OCH3 is 1. The second kappa shape index (κ2) is 7.48. The van der Waals surface area contributed by atoms with Crippen LogP contribution in [0.1, 0.15) is 46.3 Å². The highest BCUT2D eigenvalue weighted by Crippen LogP contribution is 2.37. The van der Waals surface area contributed by atoms with Gasteiger partial charge in [0.15, 0.2) is 0 Å². The van der Waals surface area contributed by atoms with E-state index in [1.807, 2.05) is 58.0 Å². The zero-order valence-corrected chi connectivity index (χ0v) is 16.6. The fourth-order valence-electron chi connectivity index (χ4n) is 3.02. The van der Waals surface area contributed by atoms with E-state index >= 15 is 0 Å². The smallest absolute Gasteiger partial charge is 0.469 e. The van der Waals surface area contributed by atoms with Crippen molar-refractivity contribution in [2.45, 2.75) is 58.2 Å². The van der Waals surface area contributed by atoms with Gasteiger partial charge in [0.25, 0.3) is 0 Å². The van der Waals surface area contributed by atoms with Gasteiger partial charge in [0.05, 0.1) is 23.8 Å². The molecule has 0 saturated carbocycles. The molecule has 2 aromatic rings.